The van der Waals surface area contributed by atoms with Crippen molar-refractivity contribution in [3.63, 3.8) is 0 Å². The number of rotatable bonds is 5. The predicted octanol–water partition coefficient (Wildman–Crippen LogP) is 2.67. The third-order valence-corrected chi connectivity index (χ3v) is 6.06. The summed E-state index contributed by atoms with van der Waals surface area (Å²) >= 11 is 0. The third-order valence-electron chi connectivity index (χ3n) is 4.26. The van der Waals surface area contributed by atoms with Gasteiger partial charge in [0.15, 0.2) is 16.4 Å². The van der Waals surface area contributed by atoms with Crippen molar-refractivity contribution in [2.24, 2.45) is 0 Å². The van der Waals surface area contributed by atoms with Gasteiger partial charge in [-0.25, -0.2) is 13.4 Å². The minimum Gasteiger partial charge on any atom is -0.481 e. The molecule has 28 heavy (non-hydrogen) atoms. The Kier molecular flexibility index (Phi) is 4.44. The zero-order valence-corrected chi connectivity index (χ0v) is 16.0. The van der Waals surface area contributed by atoms with E-state index in [0.717, 1.165) is 5.56 Å². The maximum absolute atomic E-state index is 13.4. The number of pyridine rings is 1. The van der Waals surface area contributed by atoms with Gasteiger partial charge in [0, 0.05) is 31.1 Å². The maximum atomic E-state index is 13.4. The van der Waals surface area contributed by atoms with Crippen molar-refractivity contribution >= 4 is 21.3 Å². The Bertz CT molecular complexity index is 1240. The van der Waals surface area contributed by atoms with Crippen LogP contribution in [0.3, 0.4) is 0 Å². The van der Waals surface area contributed by atoms with Crippen molar-refractivity contribution in [1.29, 1.82) is 0 Å². The van der Waals surface area contributed by atoms with Gasteiger partial charge in [-0.15, -0.1) is 5.10 Å². The molecule has 0 aliphatic heterocycles. The molecular weight excluding hydrogens is 378 g/mol. The van der Waals surface area contributed by atoms with Crippen LogP contribution in [0.1, 0.15) is 0 Å². The number of benzene rings is 1. The van der Waals surface area contributed by atoms with E-state index in [1.54, 1.807) is 68.0 Å². The van der Waals surface area contributed by atoms with Crippen LogP contribution in [0.4, 0.5) is 5.82 Å². The Morgan fingerprint density at radius 3 is 2.43 bits per heavy atom. The summed E-state index contributed by atoms with van der Waals surface area (Å²) in [6.07, 6.45) is 3.29. The fourth-order valence-corrected chi connectivity index (χ4v) is 4.44. The molecule has 0 saturated carbocycles. The monoisotopic (exact) mass is 395 g/mol. The van der Waals surface area contributed by atoms with Crippen LogP contribution in [0.15, 0.2) is 70.7 Å². The molecule has 0 spiro atoms. The molecule has 0 saturated heterocycles. The summed E-state index contributed by atoms with van der Waals surface area (Å²) in [5.41, 5.74) is 1.52. The van der Waals surface area contributed by atoms with E-state index in [2.05, 4.69) is 20.4 Å². The van der Waals surface area contributed by atoms with E-state index in [-0.39, 0.29) is 21.3 Å². The summed E-state index contributed by atoms with van der Waals surface area (Å²) in [5, 5.41) is 7.21. The topological polar surface area (TPSA) is 98.5 Å². The fourth-order valence-electron chi connectivity index (χ4n) is 2.92. The van der Waals surface area contributed by atoms with Gasteiger partial charge in [0.1, 0.15) is 0 Å². The van der Waals surface area contributed by atoms with Gasteiger partial charge in [-0.1, -0.05) is 18.2 Å². The Morgan fingerprint density at radius 1 is 1.07 bits per heavy atom. The highest BCUT2D eigenvalue weighted by atomic mass is 32.2. The van der Waals surface area contributed by atoms with E-state index in [0.29, 0.717) is 11.6 Å². The van der Waals surface area contributed by atoms with Gasteiger partial charge in [0.25, 0.3) is 0 Å². The first kappa shape index (κ1) is 17.9. The van der Waals surface area contributed by atoms with Gasteiger partial charge in [-0.05, 0) is 24.3 Å². The zero-order chi connectivity index (χ0) is 19.7. The molecule has 0 aliphatic carbocycles. The second-order valence-electron chi connectivity index (χ2n) is 5.90. The minimum atomic E-state index is -3.87. The van der Waals surface area contributed by atoms with Crippen molar-refractivity contribution < 1.29 is 13.2 Å². The number of ether oxygens (including phenoxy) is 1. The highest BCUT2D eigenvalue weighted by Gasteiger charge is 2.29. The second-order valence-corrected chi connectivity index (χ2v) is 7.79. The summed E-state index contributed by atoms with van der Waals surface area (Å²) in [6, 6.07) is 13.5. The lowest BCUT2D eigenvalue weighted by Gasteiger charge is -2.08. The van der Waals surface area contributed by atoms with E-state index < -0.39 is 9.84 Å². The molecule has 0 radical (unpaired) electrons. The van der Waals surface area contributed by atoms with Gasteiger partial charge >= 0.3 is 0 Å². The molecule has 1 N–H and O–H groups in total. The van der Waals surface area contributed by atoms with Gasteiger partial charge < -0.3 is 10.1 Å². The Morgan fingerprint density at radius 2 is 1.79 bits per heavy atom. The largest absolute Gasteiger partial charge is 0.481 e. The quantitative estimate of drug-likeness (QED) is 0.555. The van der Waals surface area contributed by atoms with Crippen LogP contribution < -0.4 is 10.1 Å². The zero-order valence-electron chi connectivity index (χ0n) is 15.2. The lowest BCUT2D eigenvalue weighted by atomic mass is 10.2. The van der Waals surface area contributed by atoms with Crippen molar-refractivity contribution in [2.75, 3.05) is 19.5 Å². The summed E-state index contributed by atoms with van der Waals surface area (Å²) in [4.78, 5) is 8.75. The van der Waals surface area contributed by atoms with E-state index in [9.17, 15) is 8.42 Å². The van der Waals surface area contributed by atoms with Crippen molar-refractivity contribution in [3.05, 3.63) is 60.9 Å². The normalized spacial score (nSPS) is 11.5. The van der Waals surface area contributed by atoms with Gasteiger partial charge in [-0.3, -0.25) is 4.98 Å². The number of nitrogens with one attached hydrogen (secondary N) is 1. The summed E-state index contributed by atoms with van der Waals surface area (Å²) in [5.74, 6) is 0.560. The number of fused-ring (bicyclic) bond motifs is 1. The van der Waals surface area contributed by atoms with Crippen LogP contribution in [0.5, 0.6) is 5.88 Å². The molecule has 0 unspecified atom stereocenters. The average molecular weight is 395 g/mol. The molecule has 0 atom stereocenters. The maximum Gasteiger partial charge on any atom is 0.218 e. The minimum absolute atomic E-state index is 0.00425. The molecular formula is C19H17N5O3S. The Hall–Kier alpha value is -3.46. The van der Waals surface area contributed by atoms with Gasteiger partial charge in [-0.2, -0.15) is 4.52 Å². The molecule has 4 rings (SSSR count). The lowest BCUT2D eigenvalue weighted by Crippen LogP contribution is -2.06. The number of nitrogens with zero attached hydrogens (tertiary/aromatic N) is 4. The summed E-state index contributed by atoms with van der Waals surface area (Å²) in [6.45, 7) is 0. The van der Waals surface area contributed by atoms with Crippen LogP contribution in [-0.4, -0.2) is 42.2 Å². The number of aromatic nitrogens is 4. The third kappa shape index (κ3) is 2.85. The first-order valence-electron chi connectivity index (χ1n) is 8.42. The summed E-state index contributed by atoms with van der Waals surface area (Å²) in [7, 11) is -0.755. The SMILES string of the molecule is CNc1nn2c(OC)cc(-c3ccncc3)nc2c1S(=O)(=O)c1ccccc1. The van der Waals surface area contributed by atoms with Crippen LogP contribution in [0, 0.1) is 0 Å². The molecule has 3 aromatic heterocycles. The van der Waals surface area contributed by atoms with E-state index in [1.807, 2.05) is 0 Å². The molecule has 0 bridgehead atoms. The van der Waals surface area contributed by atoms with Crippen molar-refractivity contribution in [1.82, 2.24) is 19.6 Å². The van der Waals surface area contributed by atoms with Crippen molar-refractivity contribution in [3.8, 4) is 17.1 Å². The number of methoxy groups -OCH3 is 1. The van der Waals surface area contributed by atoms with Crippen LogP contribution >= 0.6 is 0 Å². The Balaban J connectivity index is 2.06. The smallest absolute Gasteiger partial charge is 0.218 e. The first-order chi connectivity index (χ1) is 13.6. The molecule has 1 aromatic carbocycles. The molecule has 0 aliphatic rings. The standard InChI is InChI=1S/C19H17N5O3S/c1-20-18-17(28(25,26)14-6-4-3-5-7-14)19-22-15(13-8-10-21-11-9-13)12-16(27-2)24(19)23-18/h3-12H,1-2H3,(H,20,23). The molecule has 4 aromatic rings. The van der Waals surface area contributed by atoms with E-state index >= 15 is 0 Å². The average Bonchev–Trinajstić information content (AvgIpc) is 3.13. The molecule has 3 heterocycles. The molecule has 8 nitrogen and oxygen atoms in total. The highest BCUT2D eigenvalue weighted by Crippen LogP contribution is 2.34. The second kappa shape index (κ2) is 6.93. The van der Waals surface area contributed by atoms with Crippen LogP contribution in [0.25, 0.3) is 16.9 Å². The highest BCUT2D eigenvalue weighted by molar-refractivity contribution is 7.91. The van der Waals surface area contributed by atoms with Crippen LogP contribution in [0.2, 0.25) is 0 Å². The number of hydrogen-bond donors (Lipinski definition) is 1. The van der Waals surface area contributed by atoms with E-state index in [4.69, 9.17) is 4.74 Å². The van der Waals surface area contributed by atoms with E-state index in [1.165, 1.54) is 11.6 Å². The Labute approximate surface area is 161 Å². The molecule has 9 heteroatoms. The number of sulfone groups is 1. The number of anilines is 1. The predicted molar refractivity (Wildman–Crippen MR) is 104 cm³/mol. The molecule has 0 fully saturated rings. The lowest BCUT2D eigenvalue weighted by molar-refractivity contribution is 0.385. The number of hydrogen-bond acceptors (Lipinski definition) is 7. The molecule has 142 valence electrons. The van der Waals surface area contributed by atoms with Crippen molar-refractivity contribution in [2.45, 2.75) is 9.79 Å². The van der Waals surface area contributed by atoms with Gasteiger partial charge in [0.05, 0.1) is 17.7 Å². The summed E-state index contributed by atoms with van der Waals surface area (Å²) < 4.78 is 33.5. The fraction of sp³-hybridized carbons (Fsp3) is 0.105. The van der Waals surface area contributed by atoms with Gasteiger partial charge in [0.2, 0.25) is 15.7 Å². The van der Waals surface area contributed by atoms with Crippen LogP contribution in [-0.2, 0) is 9.84 Å². The molecule has 0 amide bonds. The first-order valence-corrected chi connectivity index (χ1v) is 9.90.